The molecule has 0 aliphatic heterocycles. The Labute approximate surface area is 157 Å². The van der Waals surface area contributed by atoms with E-state index in [0.29, 0.717) is 34.4 Å². The lowest BCUT2D eigenvalue weighted by Crippen LogP contribution is -2.04. The quantitative estimate of drug-likeness (QED) is 0.632. The van der Waals surface area contributed by atoms with E-state index < -0.39 is 0 Å². The molecule has 8 nitrogen and oxygen atoms in total. The maximum atomic E-state index is 5.55. The number of nitrogens with zero attached hydrogens (tertiary/aromatic N) is 3. The minimum absolute atomic E-state index is 0.519. The van der Waals surface area contributed by atoms with Gasteiger partial charge in [0.15, 0.2) is 23.0 Å². The van der Waals surface area contributed by atoms with Gasteiger partial charge >= 0.3 is 0 Å². The molecular weight excluding hydrogens is 350 g/mol. The molecular formula is C19H21N3O5. The number of methoxy groups -OCH3 is 5. The molecule has 0 saturated heterocycles. The first-order valence-corrected chi connectivity index (χ1v) is 8.10. The lowest BCUT2D eigenvalue weighted by Gasteiger charge is -2.16. The molecule has 0 N–H and O–H groups in total. The van der Waals surface area contributed by atoms with E-state index in [0.717, 1.165) is 11.3 Å². The number of benzene rings is 2. The van der Waals surface area contributed by atoms with Crippen molar-refractivity contribution in [1.82, 2.24) is 15.0 Å². The molecule has 0 spiro atoms. The van der Waals surface area contributed by atoms with Crippen LogP contribution in [0.3, 0.4) is 0 Å². The first kappa shape index (κ1) is 18.4. The molecule has 1 heterocycles. The Morgan fingerprint density at radius 3 is 2.11 bits per heavy atom. The molecule has 0 bridgehead atoms. The Balaban J connectivity index is 2.19. The Morgan fingerprint density at radius 1 is 0.741 bits per heavy atom. The van der Waals surface area contributed by atoms with Crippen LogP contribution in [0.1, 0.15) is 0 Å². The van der Waals surface area contributed by atoms with Crippen LogP contribution in [0.5, 0.6) is 28.7 Å². The molecule has 2 aromatic carbocycles. The third-order valence-corrected chi connectivity index (χ3v) is 4.13. The predicted octanol–water partition coefficient (Wildman–Crippen LogP) is 2.98. The first-order valence-electron chi connectivity index (χ1n) is 8.10. The Kier molecular flexibility index (Phi) is 5.35. The smallest absolute Gasteiger partial charge is 0.186 e. The third-order valence-electron chi connectivity index (χ3n) is 4.13. The van der Waals surface area contributed by atoms with Gasteiger partial charge in [-0.05, 0) is 18.2 Å². The summed E-state index contributed by atoms with van der Waals surface area (Å²) in [4.78, 5) is 0. The summed E-state index contributed by atoms with van der Waals surface area (Å²) >= 11 is 0. The molecule has 0 fully saturated rings. The molecule has 0 amide bonds. The van der Waals surface area contributed by atoms with E-state index in [1.165, 1.54) is 0 Å². The minimum atomic E-state index is 0.519. The summed E-state index contributed by atoms with van der Waals surface area (Å²) in [5.41, 5.74) is 2.22. The summed E-state index contributed by atoms with van der Waals surface area (Å²) in [5, 5.41) is 8.29. The average molecular weight is 371 g/mol. The van der Waals surface area contributed by atoms with Crippen LogP contribution < -0.4 is 23.7 Å². The highest BCUT2D eigenvalue weighted by Crippen LogP contribution is 2.40. The zero-order valence-electron chi connectivity index (χ0n) is 15.8. The molecule has 0 saturated carbocycles. The lowest BCUT2D eigenvalue weighted by molar-refractivity contribution is 0.347. The zero-order chi connectivity index (χ0) is 19.4. The fourth-order valence-corrected chi connectivity index (χ4v) is 2.80. The zero-order valence-corrected chi connectivity index (χ0v) is 15.8. The van der Waals surface area contributed by atoms with E-state index >= 15 is 0 Å². The van der Waals surface area contributed by atoms with Crippen molar-refractivity contribution in [3.63, 3.8) is 0 Å². The number of ether oxygens (including phenoxy) is 5. The van der Waals surface area contributed by atoms with Gasteiger partial charge in [-0.15, -0.1) is 5.10 Å². The number of rotatable bonds is 7. The van der Waals surface area contributed by atoms with Crippen molar-refractivity contribution in [2.45, 2.75) is 0 Å². The van der Waals surface area contributed by atoms with Gasteiger partial charge in [0.05, 0.1) is 47.4 Å². The van der Waals surface area contributed by atoms with E-state index in [2.05, 4.69) is 10.3 Å². The van der Waals surface area contributed by atoms with Gasteiger partial charge in [-0.25, -0.2) is 4.68 Å². The van der Waals surface area contributed by atoms with Crippen molar-refractivity contribution < 1.29 is 23.7 Å². The molecule has 3 rings (SSSR count). The Bertz CT molecular complexity index is 939. The second-order valence-corrected chi connectivity index (χ2v) is 5.48. The topological polar surface area (TPSA) is 76.9 Å². The molecule has 8 heteroatoms. The largest absolute Gasteiger partial charge is 0.497 e. The van der Waals surface area contributed by atoms with Crippen LogP contribution in [0.2, 0.25) is 0 Å². The Morgan fingerprint density at radius 2 is 1.48 bits per heavy atom. The normalized spacial score (nSPS) is 10.4. The lowest BCUT2D eigenvalue weighted by atomic mass is 10.1. The fraction of sp³-hybridized carbons (Fsp3) is 0.263. The van der Waals surface area contributed by atoms with E-state index in [1.807, 2.05) is 18.2 Å². The van der Waals surface area contributed by atoms with Gasteiger partial charge in [-0.1, -0.05) is 5.21 Å². The number of hydrogen-bond acceptors (Lipinski definition) is 7. The summed E-state index contributed by atoms with van der Waals surface area (Å²) in [6.07, 6.45) is 1.66. The van der Waals surface area contributed by atoms with Crippen molar-refractivity contribution in [3.05, 3.63) is 36.5 Å². The molecule has 1 aromatic heterocycles. The van der Waals surface area contributed by atoms with Crippen LogP contribution in [0.15, 0.2) is 36.5 Å². The molecule has 0 unspecified atom stereocenters. The summed E-state index contributed by atoms with van der Waals surface area (Å²) in [5.74, 6) is 2.90. The third kappa shape index (κ3) is 3.33. The summed E-state index contributed by atoms with van der Waals surface area (Å²) in [7, 11) is 7.91. The van der Waals surface area contributed by atoms with Gasteiger partial charge in [-0.2, -0.15) is 0 Å². The van der Waals surface area contributed by atoms with Crippen LogP contribution in [0.4, 0.5) is 0 Å². The van der Waals surface area contributed by atoms with Gasteiger partial charge in [-0.3, -0.25) is 0 Å². The standard InChI is InChI=1S/C19H21N3O5/c1-23-13-9-14(19(27-5)18(10-13)26-4)22-15(11-20-21-22)12-6-7-16(24-2)17(8-12)25-3/h6-11H,1-5H3. The van der Waals surface area contributed by atoms with Crippen molar-refractivity contribution >= 4 is 0 Å². The molecule has 142 valence electrons. The summed E-state index contributed by atoms with van der Waals surface area (Å²) in [6.45, 7) is 0. The molecule has 0 aliphatic carbocycles. The van der Waals surface area contributed by atoms with Gasteiger partial charge < -0.3 is 23.7 Å². The maximum Gasteiger partial charge on any atom is 0.186 e. The molecule has 0 aliphatic rings. The van der Waals surface area contributed by atoms with Crippen LogP contribution >= 0.6 is 0 Å². The highest BCUT2D eigenvalue weighted by atomic mass is 16.5. The SMILES string of the molecule is COc1cc(OC)c(OC)c(-n2nncc2-c2ccc(OC)c(OC)c2)c1. The van der Waals surface area contributed by atoms with E-state index in [9.17, 15) is 0 Å². The summed E-state index contributed by atoms with van der Waals surface area (Å²) in [6, 6.07) is 9.14. The second-order valence-electron chi connectivity index (χ2n) is 5.48. The van der Waals surface area contributed by atoms with Crippen LogP contribution in [0.25, 0.3) is 16.9 Å². The fourth-order valence-electron chi connectivity index (χ4n) is 2.80. The highest BCUT2D eigenvalue weighted by molar-refractivity contribution is 5.68. The summed E-state index contributed by atoms with van der Waals surface area (Å²) < 4.78 is 28.7. The van der Waals surface area contributed by atoms with Crippen LogP contribution in [0, 0.1) is 0 Å². The van der Waals surface area contributed by atoms with Crippen LogP contribution in [-0.2, 0) is 0 Å². The molecule has 0 radical (unpaired) electrons. The number of hydrogen-bond donors (Lipinski definition) is 0. The molecule has 0 atom stereocenters. The second kappa shape index (κ2) is 7.86. The van der Waals surface area contributed by atoms with Crippen molar-refractivity contribution in [2.75, 3.05) is 35.5 Å². The maximum absolute atomic E-state index is 5.55. The van der Waals surface area contributed by atoms with Gasteiger partial charge in [0.2, 0.25) is 0 Å². The molecule has 27 heavy (non-hydrogen) atoms. The molecule has 3 aromatic rings. The van der Waals surface area contributed by atoms with E-state index in [1.54, 1.807) is 58.6 Å². The van der Waals surface area contributed by atoms with Gasteiger partial charge in [0, 0.05) is 17.7 Å². The van der Waals surface area contributed by atoms with E-state index in [4.69, 9.17) is 23.7 Å². The first-order chi connectivity index (χ1) is 13.2. The monoisotopic (exact) mass is 371 g/mol. The van der Waals surface area contributed by atoms with Crippen molar-refractivity contribution in [1.29, 1.82) is 0 Å². The van der Waals surface area contributed by atoms with Crippen LogP contribution in [-0.4, -0.2) is 50.5 Å². The van der Waals surface area contributed by atoms with E-state index in [-0.39, 0.29) is 0 Å². The average Bonchev–Trinajstić information content (AvgIpc) is 3.21. The van der Waals surface area contributed by atoms with Crippen molar-refractivity contribution in [3.8, 4) is 45.7 Å². The predicted molar refractivity (Wildman–Crippen MR) is 99.6 cm³/mol. The Hall–Kier alpha value is -3.42. The minimum Gasteiger partial charge on any atom is -0.497 e. The van der Waals surface area contributed by atoms with Crippen molar-refractivity contribution in [2.24, 2.45) is 0 Å². The highest BCUT2D eigenvalue weighted by Gasteiger charge is 2.19. The van der Waals surface area contributed by atoms with Gasteiger partial charge in [0.1, 0.15) is 11.4 Å². The number of aromatic nitrogens is 3. The van der Waals surface area contributed by atoms with Gasteiger partial charge in [0.25, 0.3) is 0 Å².